The fraction of sp³-hybridized carbons (Fsp3) is 0.154. The predicted molar refractivity (Wildman–Crippen MR) is 68.8 cm³/mol. The Morgan fingerprint density at radius 3 is 2.89 bits per heavy atom. The molecule has 0 atom stereocenters. The number of hydrogen-bond donors (Lipinski definition) is 1. The number of carbonyl (C=O) groups is 1. The number of benzene rings is 1. The highest BCUT2D eigenvalue weighted by atomic mass is 79.9. The molecule has 94 valence electrons. The quantitative estimate of drug-likeness (QED) is 0.942. The minimum Gasteiger partial charge on any atom is -0.469 e. The Morgan fingerprint density at radius 1 is 1.33 bits per heavy atom. The van der Waals surface area contributed by atoms with Crippen molar-refractivity contribution in [1.82, 2.24) is 5.32 Å². The molecule has 3 nitrogen and oxygen atoms in total. The first-order valence-electron chi connectivity index (χ1n) is 5.43. The van der Waals surface area contributed by atoms with Crippen LogP contribution in [0.1, 0.15) is 16.1 Å². The third-order valence-electron chi connectivity index (χ3n) is 2.43. The van der Waals surface area contributed by atoms with Crippen LogP contribution in [0.4, 0.5) is 4.39 Å². The van der Waals surface area contributed by atoms with Crippen molar-refractivity contribution in [2.75, 3.05) is 6.54 Å². The summed E-state index contributed by atoms with van der Waals surface area (Å²) < 4.78 is 19.0. The van der Waals surface area contributed by atoms with E-state index in [-0.39, 0.29) is 10.0 Å². The van der Waals surface area contributed by atoms with Crippen LogP contribution in [0, 0.1) is 5.82 Å². The number of amides is 1. The van der Waals surface area contributed by atoms with Crippen LogP contribution < -0.4 is 5.32 Å². The van der Waals surface area contributed by atoms with E-state index in [0.717, 1.165) is 5.76 Å². The summed E-state index contributed by atoms with van der Waals surface area (Å²) in [5.74, 6) is -0.196. The number of furan rings is 1. The zero-order chi connectivity index (χ0) is 13.0. The Labute approximate surface area is 112 Å². The normalized spacial score (nSPS) is 10.3. The molecule has 0 saturated carbocycles. The van der Waals surface area contributed by atoms with Gasteiger partial charge in [-0.3, -0.25) is 4.79 Å². The predicted octanol–water partition coefficient (Wildman–Crippen LogP) is 3.15. The summed E-state index contributed by atoms with van der Waals surface area (Å²) in [5, 5.41) is 2.65. The van der Waals surface area contributed by atoms with Gasteiger partial charge in [0.1, 0.15) is 11.6 Å². The molecule has 1 aromatic carbocycles. The van der Waals surface area contributed by atoms with Crippen molar-refractivity contribution in [2.45, 2.75) is 6.42 Å². The van der Waals surface area contributed by atoms with E-state index in [9.17, 15) is 9.18 Å². The first-order valence-corrected chi connectivity index (χ1v) is 6.22. The van der Waals surface area contributed by atoms with Crippen LogP contribution in [0.2, 0.25) is 0 Å². The summed E-state index contributed by atoms with van der Waals surface area (Å²) in [4.78, 5) is 11.7. The number of hydrogen-bond acceptors (Lipinski definition) is 2. The Balaban J connectivity index is 1.93. The molecule has 2 rings (SSSR count). The Kier molecular flexibility index (Phi) is 4.15. The number of nitrogens with one attached hydrogen (secondary N) is 1. The van der Waals surface area contributed by atoms with Crippen LogP contribution in [0.25, 0.3) is 0 Å². The van der Waals surface area contributed by atoms with Gasteiger partial charge in [0.15, 0.2) is 0 Å². The maximum Gasteiger partial charge on any atom is 0.254 e. The zero-order valence-electron chi connectivity index (χ0n) is 9.45. The fourth-order valence-electron chi connectivity index (χ4n) is 1.53. The van der Waals surface area contributed by atoms with Crippen molar-refractivity contribution in [3.63, 3.8) is 0 Å². The molecule has 0 radical (unpaired) electrons. The van der Waals surface area contributed by atoms with E-state index in [1.165, 1.54) is 6.07 Å². The van der Waals surface area contributed by atoms with Gasteiger partial charge in [0.25, 0.3) is 5.91 Å². The number of carbonyl (C=O) groups excluding carboxylic acids is 1. The lowest BCUT2D eigenvalue weighted by Crippen LogP contribution is -2.26. The molecule has 0 aliphatic carbocycles. The van der Waals surface area contributed by atoms with Gasteiger partial charge in [-0.25, -0.2) is 4.39 Å². The second kappa shape index (κ2) is 5.82. The average molecular weight is 312 g/mol. The standard InChI is InChI=1S/C13H11BrFNO2/c14-11-5-1-4-10(12(11)15)13(17)16-7-6-9-3-2-8-18-9/h1-5,8H,6-7H2,(H,16,17). The Hall–Kier alpha value is -1.62. The first kappa shape index (κ1) is 12.8. The Morgan fingerprint density at radius 2 is 2.17 bits per heavy atom. The van der Waals surface area contributed by atoms with Crippen molar-refractivity contribution in [3.8, 4) is 0 Å². The van der Waals surface area contributed by atoms with Crippen molar-refractivity contribution in [1.29, 1.82) is 0 Å². The third kappa shape index (κ3) is 2.98. The van der Waals surface area contributed by atoms with Crippen LogP contribution in [0.3, 0.4) is 0 Å². The maximum atomic E-state index is 13.6. The molecule has 0 aliphatic rings. The molecule has 5 heteroatoms. The molecule has 0 bridgehead atoms. The molecule has 0 saturated heterocycles. The monoisotopic (exact) mass is 311 g/mol. The zero-order valence-corrected chi connectivity index (χ0v) is 11.0. The molecule has 0 spiro atoms. The Bertz CT molecular complexity index is 540. The smallest absolute Gasteiger partial charge is 0.254 e. The van der Waals surface area contributed by atoms with Gasteiger partial charge in [0.05, 0.1) is 16.3 Å². The van der Waals surface area contributed by atoms with Gasteiger partial charge in [0, 0.05) is 13.0 Å². The lowest BCUT2D eigenvalue weighted by atomic mass is 10.2. The van der Waals surface area contributed by atoms with Crippen LogP contribution in [-0.4, -0.2) is 12.5 Å². The summed E-state index contributed by atoms with van der Waals surface area (Å²) >= 11 is 3.04. The maximum absolute atomic E-state index is 13.6. The first-order chi connectivity index (χ1) is 8.68. The van der Waals surface area contributed by atoms with Gasteiger partial charge >= 0.3 is 0 Å². The van der Waals surface area contributed by atoms with Crippen molar-refractivity contribution < 1.29 is 13.6 Å². The van der Waals surface area contributed by atoms with E-state index in [2.05, 4.69) is 21.2 Å². The molecule has 0 aliphatic heterocycles. The molecule has 1 N–H and O–H groups in total. The van der Waals surface area contributed by atoms with Crippen LogP contribution in [0.15, 0.2) is 45.5 Å². The minimum atomic E-state index is -0.548. The molecule has 1 amide bonds. The molecular formula is C13H11BrFNO2. The van der Waals surface area contributed by atoms with Crippen molar-refractivity contribution in [3.05, 3.63) is 58.2 Å². The minimum absolute atomic E-state index is 0.0313. The summed E-state index contributed by atoms with van der Waals surface area (Å²) in [6, 6.07) is 8.23. The van der Waals surface area contributed by atoms with Crippen LogP contribution >= 0.6 is 15.9 Å². The fourth-order valence-corrected chi connectivity index (χ4v) is 1.89. The topological polar surface area (TPSA) is 42.2 Å². The second-order valence-corrected chi connectivity index (χ2v) is 4.54. The SMILES string of the molecule is O=C(NCCc1ccco1)c1cccc(Br)c1F. The molecular weight excluding hydrogens is 301 g/mol. The van der Waals surface area contributed by atoms with E-state index >= 15 is 0 Å². The van der Waals surface area contributed by atoms with E-state index in [0.29, 0.717) is 13.0 Å². The highest BCUT2D eigenvalue weighted by molar-refractivity contribution is 9.10. The summed E-state index contributed by atoms with van der Waals surface area (Å²) in [6.45, 7) is 0.401. The molecule has 1 aromatic heterocycles. The van der Waals surface area contributed by atoms with Gasteiger partial charge in [-0.1, -0.05) is 6.07 Å². The molecule has 18 heavy (non-hydrogen) atoms. The average Bonchev–Trinajstić information content (AvgIpc) is 2.85. The van der Waals surface area contributed by atoms with Crippen molar-refractivity contribution in [2.24, 2.45) is 0 Å². The molecule has 2 aromatic rings. The van der Waals surface area contributed by atoms with E-state index in [1.807, 2.05) is 6.07 Å². The molecule has 1 heterocycles. The molecule has 0 fully saturated rings. The summed E-state index contributed by atoms with van der Waals surface area (Å²) in [7, 11) is 0. The van der Waals surface area contributed by atoms with Gasteiger partial charge in [-0.2, -0.15) is 0 Å². The second-order valence-electron chi connectivity index (χ2n) is 3.69. The highest BCUT2D eigenvalue weighted by Crippen LogP contribution is 2.18. The van der Waals surface area contributed by atoms with E-state index < -0.39 is 11.7 Å². The molecule has 0 unspecified atom stereocenters. The largest absolute Gasteiger partial charge is 0.469 e. The third-order valence-corrected chi connectivity index (χ3v) is 3.05. The van der Waals surface area contributed by atoms with Crippen LogP contribution in [0.5, 0.6) is 0 Å². The van der Waals surface area contributed by atoms with Gasteiger partial charge < -0.3 is 9.73 Å². The van der Waals surface area contributed by atoms with Crippen molar-refractivity contribution >= 4 is 21.8 Å². The lowest BCUT2D eigenvalue weighted by molar-refractivity contribution is 0.0949. The number of rotatable bonds is 4. The van der Waals surface area contributed by atoms with Gasteiger partial charge in [0.2, 0.25) is 0 Å². The van der Waals surface area contributed by atoms with E-state index in [4.69, 9.17) is 4.42 Å². The van der Waals surface area contributed by atoms with Crippen LogP contribution in [-0.2, 0) is 6.42 Å². The highest BCUT2D eigenvalue weighted by Gasteiger charge is 2.13. The summed E-state index contributed by atoms with van der Waals surface area (Å²) in [6.07, 6.45) is 2.15. The van der Waals surface area contributed by atoms with E-state index in [1.54, 1.807) is 24.5 Å². The lowest BCUT2D eigenvalue weighted by Gasteiger charge is -2.06. The van der Waals surface area contributed by atoms with Gasteiger partial charge in [-0.05, 0) is 40.2 Å². The van der Waals surface area contributed by atoms with Gasteiger partial charge in [-0.15, -0.1) is 0 Å². The summed E-state index contributed by atoms with van der Waals surface area (Å²) in [5.41, 5.74) is 0.0313. The number of halogens is 2.